The lowest BCUT2D eigenvalue weighted by Crippen LogP contribution is -2.10. The van der Waals surface area contributed by atoms with Crippen LogP contribution in [-0.2, 0) is 12.6 Å². The van der Waals surface area contributed by atoms with Crippen molar-refractivity contribution in [3.63, 3.8) is 0 Å². The Morgan fingerprint density at radius 3 is 2.78 bits per heavy atom. The van der Waals surface area contributed by atoms with E-state index in [1.54, 1.807) is 6.07 Å². The van der Waals surface area contributed by atoms with Gasteiger partial charge >= 0.3 is 6.18 Å². The third-order valence-corrected chi connectivity index (χ3v) is 6.73. The van der Waals surface area contributed by atoms with Crippen LogP contribution in [0, 0.1) is 5.92 Å². The summed E-state index contributed by atoms with van der Waals surface area (Å²) in [7, 11) is 0. The van der Waals surface area contributed by atoms with Crippen molar-refractivity contribution < 1.29 is 13.2 Å². The van der Waals surface area contributed by atoms with Crippen LogP contribution < -0.4 is 5.73 Å². The van der Waals surface area contributed by atoms with Gasteiger partial charge in [0.1, 0.15) is 22.9 Å². The number of nitrogens with two attached hydrogens (primary N) is 1. The van der Waals surface area contributed by atoms with Crippen molar-refractivity contribution >= 4 is 39.4 Å². The largest absolute Gasteiger partial charge is 0.419 e. The highest BCUT2D eigenvalue weighted by atomic mass is 35.5. The van der Waals surface area contributed by atoms with E-state index in [1.807, 2.05) is 24.4 Å². The Bertz CT molecular complexity index is 1300. The number of nitrogen functional groups attached to an aromatic ring is 1. The van der Waals surface area contributed by atoms with E-state index in [9.17, 15) is 13.2 Å². The summed E-state index contributed by atoms with van der Waals surface area (Å²) in [4.78, 5) is 12.4. The average molecular weight is 460 g/mol. The van der Waals surface area contributed by atoms with E-state index < -0.39 is 17.6 Å². The zero-order chi connectivity index (χ0) is 22.5. The Morgan fingerprint density at radius 2 is 1.97 bits per heavy atom. The van der Waals surface area contributed by atoms with Crippen molar-refractivity contribution in [1.82, 2.24) is 19.5 Å². The molecule has 0 amide bonds. The van der Waals surface area contributed by atoms with Crippen molar-refractivity contribution in [3.05, 3.63) is 59.1 Å². The third-order valence-electron chi connectivity index (χ3n) is 6.43. The first-order valence-corrected chi connectivity index (χ1v) is 10.9. The number of rotatable bonds is 4. The Labute approximate surface area is 187 Å². The van der Waals surface area contributed by atoms with Crippen molar-refractivity contribution in [3.8, 4) is 0 Å². The lowest BCUT2D eigenvalue weighted by atomic mass is 9.97. The third kappa shape index (κ3) is 3.88. The molecule has 1 aliphatic rings. The van der Waals surface area contributed by atoms with E-state index in [1.165, 1.54) is 6.33 Å². The van der Waals surface area contributed by atoms with E-state index in [0.717, 1.165) is 54.8 Å². The molecular weight excluding hydrogens is 439 g/mol. The lowest BCUT2D eigenvalue weighted by molar-refractivity contribution is -0.137. The first kappa shape index (κ1) is 21.0. The molecule has 4 aromatic rings. The summed E-state index contributed by atoms with van der Waals surface area (Å²) in [5.74, 6) is 0.0831. The molecule has 166 valence electrons. The number of aryl methyl sites for hydroxylation is 1. The average Bonchev–Trinajstić information content (AvgIpc) is 3.38. The maximum atomic E-state index is 13.1. The fourth-order valence-electron chi connectivity index (χ4n) is 4.78. The van der Waals surface area contributed by atoms with Gasteiger partial charge in [-0.2, -0.15) is 13.2 Å². The summed E-state index contributed by atoms with van der Waals surface area (Å²) in [6.45, 7) is 0. The van der Waals surface area contributed by atoms with Gasteiger partial charge in [-0.05, 0) is 61.8 Å². The lowest BCUT2D eigenvalue weighted by Gasteiger charge is -2.15. The van der Waals surface area contributed by atoms with Gasteiger partial charge in [-0.15, -0.1) is 0 Å². The molecule has 0 radical (unpaired) electrons. The van der Waals surface area contributed by atoms with Crippen LogP contribution in [-0.4, -0.2) is 19.5 Å². The molecule has 5 rings (SSSR count). The molecule has 0 aliphatic heterocycles. The summed E-state index contributed by atoms with van der Waals surface area (Å²) in [6.07, 6.45) is 4.12. The minimum Gasteiger partial charge on any atom is -0.383 e. The second-order valence-electron chi connectivity index (χ2n) is 8.44. The van der Waals surface area contributed by atoms with E-state index >= 15 is 0 Å². The van der Waals surface area contributed by atoms with Crippen LogP contribution in [0.2, 0.25) is 5.15 Å². The van der Waals surface area contributed by atoms with Gasteiger partial charge in [0.2, 0.25) is 0 Å². The Hall–Kier alpha value is -2.87. The van der Waals surface area contributed by atoms with Crippen LogP contribution in [0.4, 0.5) is 19.0 Å². The second kappa shape index (κ2) is 7.92. The van der Waals surface area contributed by atoms with Crippen molar-refractivity contribution in [1.29, 1.82) is 0 Å². The van der Waals surface area contributed by atoms with Crippen LogP contribution in [0.25, 0.3) is 21.9 Å². The van der Waals surface area contributed by atoms with Crippen LogP contribution in [0.5, 0.6) is 0 Å². The van der Waals surface area contributed by atoms with Gasteiger partial charge in [-0.3, -0.25) is 0 Å². The summed E-state index contributed by atoms with van der Waals surface area (Å²) in [5.41, 5.74) is 7.08. The number of aromatic nitrogens is 4. The summed E-state index contributed by atoms with van der Waals surface area (Å²) >= 11 is 6.17. The molecule has 1 fully saturated rings. The fraction of sp³-hybridized carbons (Fsp3) is 0.348. The highest BCUT2D eigenvalue weighted by molar-refractivity contribution is 6.33. The second-order valence-corrected chi connectivity index (χ2v) is 8.80. The van der Waals surface area contributed by atoms with Gasteiger partial charge in [0.25, 0.3) is 0 Å². The van der Waals surface area contributed by atoms with E-state index in [-0.39, 0.29) is 0 Å². The molecule has 3 heterocycles. The number of pyridine rings is 1. The van der Waals surface area contributed by atoms with Crippen LogP contribution in [0.15, 0.2) is 42.9 Å². The Morgan fingerprint density at radius 1 is 1.12 bits per heavy atom. The smallest absolute Gasteiger partial charge is 0.383 e. The molecule has 5 nitrogen and oxygen atoms in total. The van der Waals surface area contributed by atoms with Gasteiger partial charge in [-0.25, -0.2) is 15.0 Å². The van der Waals surface area contributed by atoms with Crippen LogP contribution >= 0.6 is 11.6 Å². The molecule has 0 spiro atoms. The number of nitrogens with zero attached hydrogens (tertiary/aromatic N) is 4. The highest BCUT2D eigenvalue weighted by Gasteiger charge is 2.34. The van der Waals surface area contributed by atoms with Gasteiger partial charge < -0.3 is 10.3 Å². The zero-order valence-electron chi connectivity index (χ0n) is 17.1. The predicted octanol–water partition coefficient (Wildman–Crippen LogP) is 6.21. The van der Waals surface area contributed by atoms with Crippen LogP contribution in [0.1, 0.15) is 42.9 Å². The number of benzene rings is 1. The van der Waals surface area contributed by atoms with Crippen LogP contribution in [0.3, 0.4) is 0 Å². The van der Waals surface area contributed by atoms with Gasteiger partial charge in [0.05, 0.1) is 16.5 Å². The number of hydrogen-bond acceptors (Lipinski definition) is 4. The van der Waals surface area contributed by atoms with Crippen molar-refractivity contribution in [2.45, 2.75) is 44.3 Å². The molecule has 9 heteroatoms. The number of anilines is 1. The number of hydrogen-bond donors (Lipinski definition) is 1. The van der Waals surface area contributed by atoms with Crippen molar-refractivity contribution in [2.24, 2.45) is 5.92 Å². The number of alkyl halides is 3. The molecule has 3 aromatic heterocycles. The molecule has 1 aliphatic carbocycles. The molecule has 2 atom stereocenters. The number of fused-ring (bicyclic) bond motifs is 2. The molecule has 1 aromatic carbocycles. The summed E-state index contributed by atoms with van der Waals surface area (Å²) in [6, 6.07) is 8.83. The summed E-state index contributed by atoms with van der Waals surface area (Å²) in [5, 5.41) is 1.78. The molecular formula is C23H21ClF3N5. The molecule has 32 heavy (non-hydrogen) atoms. The van der Waals surface area contributed by atoms with Gasteiger partial charge in [0.15, 0.2) is 0 Å². The van der Waals surface area contributed by atoms with E-state index in [4.69, 9.17) is 17.3 Å². The standard InChI is InChI=1S/C23H21ClF3N5/c24-20-17-7-8-32(22(17)30-12-29-20)16-6-4-13(9-16)1-2-14-3-5-15-11-18(23(25,26)27)21(28)31-19(15)10-14/h3,5,7-8,10-13,16H,1-2,4,6,9H2,(H2,28,31). The minimum atomic E-state index is -4.51. The molecule has 0 bridgehead atoms. The van der Waals surface area contributed by atoms with Gasteiger partial charge in [0, 0.05) is 17.6 Å². The molecule has 0 saturated heterocycles. The first-order chi connectivity index (χ1) is 15.3. The Kier molecular flexibility index (Phi) is 5.20. The van der Waals surface area contributed by atoms with E-state index in [2.05, 4.69) is 19.5 Å². The number of halogens is 4. The minimum absolute atomic E-state index is 0.377. The molecule has 2 N–H and O–H groups in total. The first-order valence-electron chi connectivity index (χ1n) is 10.5. The predicted molar refractivity (Wildman–Crippen MR) is 118 cm³/mol. The Balaban J connectivity index is 1.27. The fourth-order valence-corrected chi connectivity index (χ4v) is 4.97. The maximum Gasteiger partial charge on any atom is 0.419 e. The highest BCUT2D eigenvalue weighted by Crippen LogP contribution is 2.39. The quantitative estimate of drug-likeness (QED) is 0.368. The molecule has 1 saturated carbocycles. The summed E-state index contributed by atoms with van der Waals surface area (Å²) < 4.78 is 41.4. The zero-order valence-corrected chi connectivity index (χ0v) is 17.9. The SMILES string of the molecule is Nc1nc2cc(CCC3CCC(n4ccc5c(Cl)ncnc54)C3)ccc2cc1C(F)(F)F. The van der Waals surface area contributed by atoms with Gasteiger partial charge in [-0.1, -0.05) is 23.7 Å². The maximum absolute atomic E-state index is 13.1. The molecule has 2 unspecified atom stereocenters. The monoisotopic (exact) mass is 459 g/mol. The van der Waals surface area contributed by atoms with E-state index in [0.29, 0.717) is 28.0 Å². The normalized spacial score (nSPS) is 19.2. The topological polar surface area (TPSA) is 69.6 Å². The van der Waals surface area contributed by atoms with Crippen molar-refractivity contribution in [2.75, 3.05) is 5.73 Å².